The Morgan fingerprint density at radius 3 is 2.38 bits per heavy atom. The third kappa shape index (κ3) is 3.84. The number of nitrogens with zero attached hydrogens (tertiary/aromatic N) is 1. The molecule has 0 saturated carbocycles. The van der Waals surface area contributed by atoms with Gasteiger partial charge in [-0.15, -0.1) is 0 Å². The molecule has 0 radical (unpaired) electrons. The molecule has 0 atom stereocenters. The summed E-state index contributed by atoms with van der Waals surface area (Å²) in [6.07, 6.45) is 4.94. The molecule has 5 heteroatoms. The molecule has 0 bridgehead atoms. The molecule has 1 aromatic rings. The second-order valence-corrected chi connectivity index (χ2v) is 7.55. The Balaban J connectivity index is 2.38. The van der Waals surface area contributed by atoms with E-state index in [0.717, 1.165) is 43.2 Å². The zero-order chi connectivity index (χ0) is 15.3. The van der Waals surface area contributed by atoms with Gasteiger partial charge in [0.1, 0.15) is 0 Å². The minimum atomic E-state index is -3.36. The average Bonchev–Trinajstić information content (AvgIpc) is 2.77. The van der Waals surface area contributed by atoms with Gasteiger partial charge in [-0.2, -0.15) is 4.31 Å². The average molecular weight is 310 g/mol. The van der Waals surface area contributed by atoms with Crippen LogP contribution < -0.4 is 5.32 Å². The molecule has 0 aliphatic carbocycles. The molecular weight excluding hydrogens is 284 g/mol. The highest BCUT2D eigenvalue weighted by Gasteiger charge is 2.27. The Kier molecular flexibility index (Phi) is 5.79. The maximum Gasteiger partial charge on any atom is 0.243 e. The summed E-state index contributed by atoms with van der Waals surface area (Å²) in [4.78, 5) is 0.500. The summed E-state index contributed by atoms with van der Waals surface area (Å²) in [5.41, 5.74) is 1.93. The molecule has 0 amide bonds. The minimum absolute atomic E-state index is 0.500. The number of sulfonamides is 1. The van der Waals surface area contributed by atoms with Crippen LogP contribution in [0.3, 0.4) is 0 Å². The van der Waals surface area contributed by atoms with Gasteiger partial charge in [0.25, 0.3) is 0 Å². The van der Waals surface area contributed by atoms with Crippen molar-refractivity contribution in [2.24, 2.45) is 0 Å². The molecule has 1 aliphatic rings. The molecule has 1 fully saturated rings. The van der Waals surface area contributed by atoms with Crippen molar-refractivity contribution in [1.29, 1.82) is 0 Å². The van der Waals surface area contributed by atoms with Crippen molar-refractivity contribution < 1.29 is 8.42 Å². The van der Waals surface area contributed by atoms with E-state index in [2.05, 4.69) is 5.32 Å². The molecular formula is C16H26N2O2S. The van der Waals surface area contributed by atoms with E-state index in [1.165, 1.54) is 0 Å². The summed E-state index contributed by atoms with van der Waals surface area (Å²) in [5.74, 6) is 0. The summed E-state index contributed by atoms with van der Waals surface area (Å²) < 4.78 is 27.6. The minimum Gasteiger partial charge on any atom is -0.316 e. The van der Waals surface area contributed by atoms with Crippen LogP contribution in [-0.2, 0) is 23.0 Å². The molecule has 1 aliphatic heterocycles. The fourth-order valence-electron chi connectivity index (χ4n) is 2.87. The van der Waals surface area contributed by atoms with Gasteiger partial charge in [-0.1, -0.05) is 31.9 Å². The monoisotopic (exact) mass is 310 g/mol. The summed E-state index contributed by atoms with van der Waals surface area (Å²) >= 11 is 0. The van der Waals surface area contributed by atoms with E-state index in [1.807, 2.05) is 32.2 Å². The number of benzene rings is 1. The van der Waals surface area contributed by atoms with Crippen LogP contribution in [0.5, 0.6) is 0 Å². The summed E-state index contributed by atoms with van der Waals surface area (Å²) in [6.45, 7) is 4.00. The van der Waals surface area contributed by atoms with Crippen molar-refractivity contribution >= 4 is 10.0 Å². The Hall–Kier alpha value is -0.910. The second kappa shape index (κ2) is 7.38. The molecule has 1 saturated heterocycles. The highest BCUT2D eigenvalue weighted by Crippen LogP contribution is 2.25. The van der Waals surface area contributed by atoms with Gasteiger partial charge in [0.2, 0.25) is 10.0 Å². The first-order valence-corrected chi connectivity index (χ1v) is 9.30. The van der Waals surface area contributed by atoms with Crippen molar-refractivity contribution in [3.05, 3.63) is 29.3 Å². The Morgan fingerprint density at radius 1 is 1.14 bits per heavy atom. The van der Waals surface area contributed by atoms with Crippen LogP contribution in [-0.4, -0.2) is 32.9 Å². The highest BCUT2D eigenvalue weighted by molar-refractivity contribution is 7.89. The quantitative estimate of drug-likeness (QED) is 0.909. The number of hydrogen-bond donors (Lipinski definition) is 1. The maximum atomic E-state index is 13.0. The third-order valence-electron chi connectivity index (χ3n) is 4.08. The van der Waals surface area contributed by atoms with Crippen LogP contribution in [0.1, 0.15) is 43.7 Å². The highest BCUT2D eigenvalue weighted by atomic mass is 32.2. The number of rotatable bonds is 5. The first-order chi connectivity index (χ1) is 10.1. The molecule has 21 heavy (non-hydrogen) atoms. The number of aryl methyl sites for hydroxylation is 1. The van der Waals surface area contributed by atoms with Gasteiger partial charge in [-0.3, -0.25) is 0 Å². The fourth-order valence-corrected chi connectivity index (χ4v) is 4.73. The normalized spacial score (nSPS) is 17.6. The molecule has 118 valence electrons. The molecule has 0 aromatic heterocycles. The lowest BCUT2D eigenvalue weighted by Gasteiger charge is -2.22. The van der Waals surface area contributed by atoms with Gasteiger partial charge >= 0.3 is 0 Å². The lowest BCUT2D eigenvalue weighted by Crippen LogP contribution is -2.32. The van der Waals surface area contributed by atoms with Crippen LogP contribution in [0.15, 0.2) is 23.1 Å². The standard InChI is InChI=1S/C16H26N2O2S/c1-3-15-9-8-14(13-17-2)12-16(15)21(19,20)18-10-6-4-5-7-11-18/h8-9,12,17H,3-7,10-11,13H2,1-2H3. The zero-order valence-corrected chi connectivity index (χ0v) is 13.9. The summed E-state index contributed by atoms with van der Waals surface area (Å²) in [5, 5.41) is 3.08. The largest absolute Gasteiger partial charge is 0.316 e. The van der Waals surface area contributed by atoms with E-state index < -0.39 is 10.0 Å². The van der Waals surface area contributed by atoms with Crippen LogP contribution in [0.4, 0.5) is 0 Å². The lowest BCUT2D eigenvalue weighted by atomic mass is 10.1. The smallest absolute Gasteiger partial charge is 0.243 e. The zero-order valence-electron chi connectivity index (χ0n) is 13.1. The van der Waals surface area contributed by atoms with Crippen molar-refractivity contribution in [3.63, 3.8) is 0 Å². The predicted octanol–water partition coefficient (Wildman–Crippen LogP) is 2.53. The van der Waals surface area contributed by atoms with Crippen LogP contribution in [0.2, 0.25) is 0 Å². The predicted molar refractivity (Wildman–Crippen MR) is 85.8 cm³/mol. The van der Waals surface area contributed by atoms with E-state index >= 15 is 0 Å². The number of nitrogens with one attached hydrogen (secondary N) is 1. The van der Waals surface area contributed by atoms with E-state index in [4.69, 9.17) is 0 Å². The van der Waals surface area contributed by atoms with Crippen molar-refractivity contribution in [3.8, 4) is 0 Å². The van der Waals surface area contributed by atoms with Gasteiger partial charge in [0, 0.05) is 19.6 Å². The maximum absolute atomic E-state index is 13.0. The van der Waals surface area contributed by atoms with E-state index in [9.17, 15) is 8.42 Å². The van der Waals surface area contributed by atoms with Gasteiger partial charge in [0.15, 0.2) is 0 Å². The Bertz CT molecular complexity index is 562. The van der Waals surface area contributed by atoms with Gasteiger partial charge in [-0.25, -0.2) is 8.42 Å². The molecule has 2 rings (SSSR count). The second-order valence-electron chi connectivity index (χ2n) is 5.64. The number of hydrogen-bond acceptors (Lipinski definition) is 3. The Morgan fingerprint density at radius 2 is 1.81 bits per heavy atom. The Labute approximate surface area is 128 Å². The summed E-state index contributed by atoms with van der Waals surface area (Å²) in [7, 11) is -1.49. The van der Waals surface area contributed by atoms with Gasteiger partial charge in [0.05, 0.1) is 4.90 Å². The van der Waals surface area contributed by atoms with Crippen molar-refractivity contribution in [2.45, 2.75) is 50.5 Å². The fraction of sp³-hybridized carbons (Fsp3) is 0.625. The van der Waals surface area contributed by atoms with Crippen LogP contribution >= 0.6 is 0 Å². The van der Waals surface area contributed by atoms with Gasteiger partial charge in [-0.05, 0) is 43.5 Å². The first kappa shape index (κ1) is 16.5. The molecule has 4 nitrogen and oxygen atoms in total. The van der Waals surface area contributed by atoms with E-state index in [-0.39, 0.29) is 0 Å². The van der Waals surface area contributed by atoms with E-state index in [1.54, 1.807) is 4.31 Å². The SMILES string of the molecule is CCc1ccc(CNC)cc1S(=O)(=O)N1CCCCCC1. The van der Waals surface area contributed by atoms with Crippen LogP contribution in [0.25, 0.3) is 0 Å². The van der Waals surface area contributed by atoms with Crippen molar-refractivity contribution in [1.82, 2.24) is 9.62 Å². The third-order valence-corrected chi connectivity index (χ3v) is 6.06. The topological polar surface area (TPSA) is 49.4 Å². The van der Waals surface area contributed by atoms with Crippen LogP contribution in [0, 0.1) is 0 Å². The van der Waals surface area contributed by atoms with Crippen molar-refractivity contribution in [2.75, 3.05) is 20.1 Å². The molecule has 1 heterocycles. The molecule has 1 aromatic carbocycles. The molecule has 0 spiro atoms. The van der Waals surface area contributed by atoms with Gasteiger partial charge < -0.3 is 5.32 Å². The first-order valence-electron chi connectivity index (χ1n) is 7.86. The summed E-state index contributed by atoms with van der Waals surface area (Å²) in [6, 6.07) is 5.81. The molecule has 1 N–H and O–H groups in total. The lowest BCUT2D eigenvalue weighted by molar-refractivity contribution is 0.423. The molecule has 0 unspecified atom stereocenters. The van der Waals surface area contributed by atoms with E-state index in [0.29, 0.717) is 24.5 Å².